The second kappa shape index (κ2) is 10.2. The molecule has 0 aliphatic carbocycles. The summed E-state index contributed by atoms with van der Waals surface area (Å²) in [6.07, 6.45) is 9.19. The van der Waals surface area contributed by atoms with Crippen molar-refractivity contribution in [1.82, 2.24) is 19.7 Å². The first-order chi connectivity index (χ1) is 13.4. The van der Waals surface area contributed by atoms with Gasteiger partial charge in [-0.25, -0.2) is 14.7 Å². The summed E-state index contributed by atoms with van der Waals surface area (Å²) in [7, 11) is 0. The molecule has 4 rings (SSSR count). The minimum Gasteiger partial charge on any atom is -0.343 e. The van der Waals surface area contributed by atoms with Gasteiger partial charge in [0.05, 0.1) is 6.54 Å². The van der Waals surface area contributed by atoms with Crippen molar-refractivity contribution in [2.75, 3.05) is 18.4 Å². The lowest BCUT2D eigenvalue weighted by atomic mass is 10.1. The molecule has 1 aliphatic heterocycles. The van der Waals surface area contributed by atoms with E-state index >= 15 is 0 Å². The number of halogens is 1. The lowest BCUT2D eigenvalue weighted by Gasteiger charge is -2.30. The van der Waals surface area contributed by atoms with E-state index in [1.54, 1.807) is 10.9 Å². The molecule has 146 valence electrons. The third-order valence-corrected chi connectivity index (χ3v) is 4.65. The van der Waals surface area contributed by atoms with E-state index < -0.39 is 0 Å². The van der Waals surface area contributed by atoms with Crippen LogP contribution < -0.4 is 5.32 Å². The van der Waals surface area contributed by atoms with Gasteiger partial charge in [-0.05, 0) is 55.2 Å². The first-order valence-corrected chi connectivity index (χ1v) is 9.45. The molecule has 0 saturated carbocycles. The molecule has 0 radical (unpaired) electrons. The Morgan fingerprint density at radius 3 is 2.57 bits per heavy atom. The Kier molecular flexibility index (Phi) is 7.41. The molecule has 0 bridgehead atoms. The molecule has 28 heavy (non-hydrogen) atoms. The standard InChI is InChI=1S/C21H24N6.HI/c1-3-8-19(9-4-1)25-21(26-13-5-2-6-14-26)23-17-18-10-12-22-20(16-18)27-15-7-11-24-27;/h1,3-4,7-12,15-16H,2,5-6,13-14,17H2,(H,23,25);1H. The fraction of sp³-hybridized carbons (Fsp3) is 0.286. The van der Waals surface area contributed by atoms with Gasteiger partial charge in [0.1, 0.15) is 0 Å². The van der Waals surface area contributed by atoms with E-state index in [-0.39, 0.29) is 24.0 Å². The summed E-state index contributed by atoms with van der Waals surface area (Å²) in [5.74, 6) is 1.75. The molecular formula is C21H25IN6. The Labute approximate surface area is 182 Å². The Balaban J connectivity index is 0.00000225. The van der Waals surface area contributed by atoms with Crippen molar-refractivity contribution >= 4 is 35.6 Å². The van der Waals surface area contributed by atoms with Crippen molar-refractivity contribution in [3.05, 3.63) is 72.7 Å². The van der Waals surface area contributed by atoms with Gasteiger partial charge in [-0.1, -0.05) is 18.2 Å². The first-order valence-electron chi connectivity index (χ1n) is 9.45. The van der Waals surface area contributed by atoms with Crippen molar-refractivity contribution < 1.29 is 0 Å². The lowest BCUT2D eigenvalue weighted by Crippen LogP contribution is -2.40. The van der Waals surface area contributed by atoms with Gasteiger partial charge in [0.15, 0.2) is 11.8 Å². The summed E-state index contributed by atoms with van der Waals surface area (Å²) in [6, 6.07) is 16.2. The average molecular weight is 488 g/mol. The van der Waals surface area contributed by atoms with Crippen LogP contribution in [0.4, 0.5) is 5.69 Å². The topological polar surface area (TPSA) is 58.3 Å². The zero-order valence-electron chi connectivity index (χ0n) is 15.7. The van der Waals surface area contributed by atoms with Gasteiger partial charge in [0.2, 0.25) is 0 Å². The summed E-state index contributed by atoms with van der Waals surface area (Å²) in [5, 5.41) is 7.75. The number of hydrogen-bond donors (Lipinski definition) is 1. The minimum absolute atomic E-state index is 0. The molecule has 0 spiro atoms. The van der Waals surface area contributed by atoms with Crippen molar-refractivity contribution in [2.45, 2.75) is 25.8 Å². The van der Waals surface area contributed by atoms with Gasteiger partial charge < -0.3 is 10.2 Å². The van der Waals surface area contributed by atoms with Crippen LogP contribution in [0.1, 0.15) is 24.8 Å². The molecule has 0 amide bonds. The maximum absolute atomic E-state index is 4.91. The number of guanidine groups is 1. The maximum atomic E-state index is 4.91. The van der Waals surface area contributed by atoms with Gasteiger partial charge in [-0.2, -0.15) is 5.10 Å². The summed E-state index contributed by atoms with van der Waals surface area (Å²) in [5.41, 5.74) is 2.17. The molecule has 2 aromatic heterocycles. The monoisotopic (exact) mass is 488 g/mol. The maximum Gasteiger partial charge on any atom is 0.198 e. The van der Waals surface area contributed by atoms with Crippen molar-refractivity contribution in [1.29, 1.82) is 0 Å². The number of nitrogens with zero attached hydrogens (tertiary/aromatic N) is 5. The molecule has 6 nitrogen and oxygen atoms in total. The molecule has 0 unspecified atom stereocenters. The van der Waals surface area contributed by atoms with Gasteiger partial charge in [-0.15, -0.1) is 24.0 Å². The van der Waals surface area contributed by atoms with Crippen LogP contribution in [0.15, 0.2) is 72.1 Å². The Bertz CT molecular complexity index is 873. The minimum atomic E-state index is 0. The lowest BCUT2D eigenvalue weighted by molar-refractivity contribution is 0.340. The number of aromatic nitrogens is 3. The summed E-state index contributed by atoms with van der Waals surface area (Å²) in [6.45, 7) is 2.70. The van der Waals surface area contributed by atoms with E-state index in [0.29, 0.717) is 6.54 Å². The van der Waals surface area contributed by atoms with Crippen molar-refractivity contribution in [2.24, 2.45) is 4.99 Å². The molecule has 1 aromatic carbocycles. The average Bonchev–Trinajstić information content (AvgIpc) is 3.28. The van der Waals surface area contributed by atoms with Crippen LogP contribution in [0.3, 0.4) is 0 Å². The van der Waals surface area contributed by atoms with Gasteiger partial charge in [0, 0.05) is 37.4 Å². The highest BCUT2D eigenvalue weighted by Crippen LogP contribution is 2.14. The fourth-order valence-corrected chi connectivity index (χ4v) is 3.23. The van der Waals surface area contributed by atoms with Crippen LogP contribution in [-0.2, 0) is 6.54 Å². The largest absolute Gasteiger partial charge is 0.343 e. The highest BCUT2D eigenvalue weighted by molar-refractivity contribution is 14.0. The number of benzene rings is 1. The number of hydrogen-bond acceptors (Lipinski definition) is 3. The normalized spacial score (nSPS) is 14.4. The number of rotatable bonds is 4. The number of piperidine rings is 1. The number of nitrogens with one attached hydrogen (secondary N) is 1. The summed E-state index contributed by atoms with van der Waals surface area (Å²) < 4.78 is 1.76. The van der Waals surface area contributed by atoms with Crippen LogP contribution in [-0.4, -0.2) is 38.7 Å². The van der Waals surface area contributed by atoms with E-state index in [2.05, 4.69) is 32.4 Å². The van der Waals surface area contributed by atoms with Crippen LogP contribution >= 0.6 is 24.0 Å². The molecular weight excluding hydrogens is 463 g/mol. The molecule has 0 atom stereocenters. The molecule has 1 N–H and O–H groups in total. The van der Waals surface area contributed by atoms with Crippen LogP contribution in [0.2, 0.25) is 0 Å². The van der Waals surface area contributed by atoms with Gasteiger partial charge >= 0.3 is 0 Å². The van der Waals surface area contributed by atoms with Crippen LogP contribution in [0, 0.1) is 0 Å². The van der Waals surface area contributed by atoms with Gasteiger partial charge in [-0.3, -0.25) is 0 Å². The summed E-state index contributed by atoms with van der Waals surface area (Å²) >= 11 is 0. The van der Waals surface area contributed by atoms with Crippen LogP contribution in [0.25, 0.3) is 5.82 Å². The van der Waals surface area contributed by atoms with Crippen molar-refractivity contribution in [3.8, 4) is 5.82 Å². The highest BCUT2D eigenvalue weighted by Gasteiger charge is 2.15. The van der Waals surface area contributed by atoms with Crippen LogP contribution in [0.5, 0.6) is 0 Å². The van der Waals surface area contributed by atoms with E-state index in [0.717, 1.165) is 36.1 Å². The molecule has 7 heteroatoms. The number of aliphatic imine (C=N–C) groups is 1. The van der Waals surface area contributed by atoms with Crippen molar-refractivity contribution in [3.63, 3.8) is 0 Å². The predicted octanol–water partition coefficient (Wildman–Crippen LogP) is 4.34. The SMILES string of the molecule is I.c1ccc(NC(=NCc2ccnc(-n3cccn3)c2)N2CCCCC2)cc1. The third kappa shape index (κ3) is 5.31. The zero-order valence-corrected chi connectivity index (χ0v) is 18.1. The molecule has 3 aromatic rings. The Hall–Kier alpha value is -2.42. The summed E-state index contributed by atoms with van der Waals surface area (Å²) in [4.78, 5) is 11.7. The van der Waals surface area contributed by atoms with E-state index in [4.69, 9.17) is 4.99 Å². The molecule has 3 heterocycles. The number of anilines is 1. The third-order valence-electron chi connectivity index (χ3n) is 4.65. The number of para-hydroxylation sites is 1. The van der Waals surface area contributed by atoms with Gasteiger partial charge in [0.25, 0.3) is 0 Å². The smallest absolute Gasteiger partial charge is 0.198 e. The molecule has 1 saturated heterocycles. The Morgan fingerprint density at radius 2 is 1.82 bits per heavy atom. The van der Waals surface area contributed by atoms with E-state index in [1.807, 2.05) is 48.8 Å². The zero-order chi connectivity index (χ0) is 18.3. The predicted molar refractivity (Wildman–Crippen MR) is 123 cm³/mol. The fourth-order valence-electron chi connectivity index (χ4n) is 3.23. The highest BCUT2D eigenvalue weighted by atomic mass is 127. The second-order valence-corrected chi connectivity index (χ2v) is 6.65. The van der Waals surface area contributed by atoms with E-state index in [1.165, 1.54) is 19.3 Å². The molecule has 1 fully saturated rings. The molecule has 1 aliphatic rings. The Morgan fingerprint density at radius 1 is 1.00 bits per heavy atom. The first kappa shape index (κ1) is 20.3. The van der Waals surface area contributed by atoms with E-state index in [9.17, 15) is 0 Å². The number of pyridine rings is 1. The number of likely N-dealkylation sites (tertiary alicyclic amines) is 1. The quantitative estimate of drug-likeness (QED) is 0.337. The second-order valence-electron chi connectivity index (χ2n) is 6.65.